The molecule has 1 aliphatic rings. The summed E-state index contributed by atoms with van der Waals surface area (Å²) in [5, 5.41) is 0. The third-order valence-electron chi connectivity index (χ3n) is 3.27. The van der Waals surface area contributed by atoms with Gasteiger partial charge in [-0.2, -0.15) is 13.2 Å². The minimum atomic E-state index is -4.99. The Balaban J connectivity index is 2.63. The maximum Gasteiger partial charge on any atom is 0.490 e. The van der Waals surface area contributed by atoms with Crippen molar-refractivity contribution in [3.05, 3.63) is 0 Å². The van der Waals surface area contributed by atoms with E-state index in [4.69, 9.17) is 0 Å². The smallest absolute Gasteiger partial charge is 0.458 e. The number of esters is 1. The first-order valence-corrected chi connectivity index (χ1v) is 5.53. The fraction of sp³-hybridized carbons (Fsp3) is 0.818. The van der Waals surface area contributed by atoms with E-state index in [-0.39, 0.29) is 5.78 Å². The molecule has 17 heavy (non-hydrogen) atoms. The number of carbonyl (C=O) groups is 2. The van der Waals surface area contributed by atoms with Crippen LogP contribution in [0.25, 0.3) is 0 Å². The van der Waals surface area contributed by atoms with Crippen LogP contribution in [-0.4, -0.2) is 24.5 Å². The summed E-state index contributed by atoms with van der Waals surface area (Å²) in [5.41, 5.74) is -0.904. The molecule has 0 spiro atoms. The zero-order valence-corrected chi connectivity index (χ0v) is 9.60. The largest absolute Gasteiger partial charge is 0.490 e. The first-order valence-electron chi connectivity index (χ1n) is 5.53. The molecular weight excluding hydrogens is 237 g/mol. The fourth-order valence-electron chi connectivity index (χ4n) is 2.11. The van der Waals surface area contributed by atoms with Crippen molar-refractivity contribution in [2.24, 2.45) is 5.41 Å². The predicted molar refractivity (Wildman–Crippen MR) is 53.2 cm³/mol. The Labute approximate surface area is 97.3 Å². The molecule has 0 saturated heterocycles. The summed E-state index contributed by atoms with van der Waals surface area (Å²) in [6.45, 7) is 0.882. The first kappa shape index (κ1) is 14.0. The lowest BCUT2D eigenvalue weighted by Gasteiger charge is -2.34. The molecule has 0 radical (unpaired) electrons. The van der Waals surface area contributed by atoms with E-state index >= 15 is 0 Å². The minimum absolute atomic E-state index is 0.202. The molecule has 6 heteroatoms. The molecule has 0 atom stereocenters. The molecule has 98 valence electrons. The second-order valence-corrected chi connectivity index (χ2v) is 4.47. The standard InChI is InChI=1S/C11H15F3O3/c1-8(15)10(5-3-2-4-6-10)7-17-9(16)11(12,13)14/h2-7H2,1H3. The van der Waals surface area contributed by atoms with Crippen molar-refractivity contribution in [3.63, 3.8) is 0 Å². The van der Waals surface area contributed by atoms with Gasteiger partial charge in [0.2, 0.25) is 0 Å². The fourth-order valence-corrected chi connectivity index (χ4v) is 2.11. The van der Waals surface area contributed by atoms with E-state index in [2.05, 4.69) is 4.74 Å². The lowest BCUT2D eigenvalue weighted by molar-refractivity contribution is -0.203. The topological polar surface area (TPSA) is 43.4 Å². The van der Waals surface area contributed by atoms with Crippen LogP contribution in [0.2, 0.25) is 0 Å². The van der Waals surface area contributed by atoms with Crippen LogP contribution in [-0.2, 0) is 14.3 Å². The molecule has 0 N–H and O–H groups in total. The van der Waals surface area contributed by atoms with E-state index in [9.17, 15) is 22.8 Å². The normalized spacial score (nSPS) is 19.8. The molecule has 1 fully saturated rings. The van der Waals surface area contributed by atoms with Gasteiger partial charge >= 0.3 is 12.1 Å². The molecule has 0 heterocycles. The van der Waals surface area contributed by atoms with E-state index in [1.807, 2.05) is 0 Å². The average Bonchev–Trinajstić information content (AvgIpc) is 2.25. The van der Waals surface area contributed by atoms with Crippen molar-refractivity contribution in [2.45, 2.75) is 45.2 Å². The highest BCUT2D eigenvalue weighted by Crippen LogP contribution is 2.37. The van der Waals surface area contributed by atoms with Gasteiger partial charge in [0, 0.05) is 0 Å². The lowest BCUT2D eigenvalue weighted by Crippen LogP contribution is -2.39. The van der Waals surface area contributed by atoms with Gasteiger partial charge in [-0.25, -0.2) is 4.79 Å². The molecule has 0 amide bonds. The Morgan fingerprint density at radius 1 is 1.18 bits per heavy atom. The van der Waals surface area contributed by atoms with Gasteiger partial charge in [0.05, 0.1) is 5.41 Å². The maximum absolute atomic E-state index is 12.0. The van der Waals surface area contributed by atoms with E-state index in [0.717, 1.165) is 19.3 Å². The molecular formula is C11H15F3O3. The van der Waals surface area contributed by atoms with E-state index in [0.29, 0.717) is 12.8 Å². The number of rotatable bonds is 3. The molecule has 3 nitrogen and oxygen atoms in total. The van der Waals surface area contributed by atoms with Gasteiger partial charge in [-0.05, 0) is 19.8 Å². The number of ether oxygens (including phenoxy) is 1. The third-order valence-corrected chi connectivity index (χ3v) is 3.27. The van der Waals surface area contributed by atoms with Gasteiger partial charge in [-0.15, -0.1) is 0 Å². The van der Waals surface area contributed by atoms with Gasteiger partial charge in [-0.1, -0.05) is 19.3 Å². The van der Waals surface area contributed by atoms with Crippen molar-refractivity contribution in [1.82, 2.24) is 0 Å². The molecule has 0 aliphatic heterocycles. The number of carbonyl (C=O) groups excluding carboxylic acids is 2. The van der Waals surface area contributed by atoms with Crippen LogP contribution in [0, 0.1) is 5.41 Å². The monoisotopic (exact) mass is 252 g/mol. The lowest BCUT2D eigenvalue weighted by atomic mass is 9.72. The van der Waals surface area contributed by atoms with Crippen molar-refractivity contribution in [1.29, 1.82) is 0 Å². The molecule has 0 unspecified atom stereocenters. The Morgan fingerprint density at radius 2 is 1.71 bits per heavy atom. The molecule has 1 saturated carbocycles. The maximum atomic E-state index is 12.0. The number of Topliss-reactive ketones (excluding diaryl/α,β-unsaturated/α-hetero) is 1. The minimum Gasteiger partial charge on any atom is -0.458 e. The molecule has 0 aromatic rings. The third kappa shape index (κ3) is 3.44. The van der Waals surface area contributed by atoms with Gasteiger partial charge < -0.3 is 4.74 Å². The van der Waals surface area contributed by atoms with Crippen molar-refractivity contribution >= 4 is 11.8 Å². The van der Waals surface area contributed by atoms with Gasteiger partial charge in [0.1, 0.15) is 12.4 Å². The van der Waals surface area contributed by atoms with Crippen LogP contribution in [0.4, 0.5) is 13.2 Å². The van der Waals surface area contributed by atoms with Crippen LogP contribution in [0.1, 0.15) is 39.0 Å². The molecule has 0 aromatic heterocycles. The summed E-state index contributed by atoms with van der Waals surface area (Å²) in [6, 6.07) is 0. The second kappa shape index (κ2) is 5.06. The van der Waals surface area contributed by atoms with Crippen LogP contribution in [0.3, 0.4) is 0 Å². The van der Waals surface area contributed by atoms with E-state index < -0.39 is 24.2 Å². The van der Waals surface area contributed by atoms with Crippen LogP contribution >= 0.6 is 0 Å². The summed E-state index contributed by atoms with van der Waals surface area (Å²) in [7, 11) is 0. The van der Waals surface area contributed by atoms with Crippen LogP contribution in [0.5, 0.6) is 0 Å². The van der Waals surface area contributed by atoms with Crippen LogP contribution in [0.15, 0.2) is 0 Å². The summed E-state index contributed by atoms with van der Waals surface area (Å²) < 4.78 is 40.1. The molecule has 0 aromatic carbocycles. The summed E-state index contributed by atoms with van der Waals surface area (Å²) in [6.07, 6.45) is -1.48. The van der Waals surface area contributed by atoms with E-state index in [1.54, 1.807) is 0 Å². The van der Waals surface area contributed by atoms with Crippen LogP contribution < -0.4 is 0 Å². The molecule has 0 bridgehead atoms. The number of halogens is 3. The zero-order chi connectivity index (χ0) is 13.1. The SMILES string of the molecule is CC(=O)C1(COC(=O)C(F)(F)F)CCCCC1. The number of ketones is 1. The second-order valence-electron chi connectivity index (χ2n) is 4.47. The Hall–Kier alpha value is -1.07. The number of alkyl halides is 3. The molecule has 1 aliphatic carbocycles. The van der Waals surface area contributed by atoms with Gasteiger partial charge in [0.15, 0.2) is 0 Å². The first-order chi connectivity index (χ1) is 7.78. The predicted octanol–water partition coefficient (Wildman–Crippen LogP) is 2.63. The van der Waals surface area contributed by atoms with E-state index in [1.165, 1.54) is 6.92 Å². The summed E-state index contributed by atoms with van der Waals surface area (Å²) in [4.78, 5) is 22.1. The van der Waals surface area contributed by atoms with Gasteiger partial charge in [0.25, 0.3) is 0 Å². The Bertz CT molecular complexity index is 304. The van der Waals surface area contributed by atoms with Gasteiger partial charge in [-0.3, -0.25) is 4.79 Å². The average molecular weight is 252 g/mol. The quantitative estimate of drug-likeness (QED) is 0.725. The molecule has 1 rings (SSSR count). The zero-order valence-electron chi connectivity index (χ0n) is 9.60. The highest BCUT2D eigenvalue weighted by molar-refractivity contribution is 5.83. The van der Waals surface area contributed by atoms with Crippen molar-refractivity contribution in [2.75, 3.05) is 6.61 Å². The summed E-state index contributed by atoms with van der Waals surface area (Å²) in [5.74, 6) is -2.42. The Kier molecular flexibility index (Phi) is 4.16. The Morgan fingerprint density at radius 3 is 2.12 bits per heavy atom. The summed E-state index contributed by atoms with van der Waals surface area (Å²) >= 11 is 0. The number of hydrogen-bond acceptors (Lipinski definition) is 3. The highest BCUT2D eigenvalue weighted by atomic mass is 19.4. The number of hydrogen-bond donors (Lipinski definition) is 0. The van der Waals surface area contributed by atoms with Crippen molar-refractivity contribution < 1.29 is 27.5 Å². The highest BCUT2D eigenvalue weighted by Gasteiger charge is 2.44. The van der Waals surface area contributed by atoms with Crippen molar-refractivity contribution in [3.8, 4) is 0 Å².